The van der Waals surface area contributed by atoms with E-state index in [0.717, 1.165) is 16.7 Å². The maximum atomic E-state index is 15.7. The van der Waals surface area contributed by atoms with Crippen LogP contribution in [0.3, 0.4) is 0 Å². The van der Waals surface area contributed by atoms with Crippen LogP contribution in [0.5, 0.6) is 0 Å². The van der Waals surface area contributed by atoms with Gasteiger partial charge in [-0.05, 0) is 29.2 Å². The van der Waals surface area contributed by atoms with E-state index in [9.17, 15) is 4.79 Å². The van der Waals surface area contributed by atoms with E-state index in [1.54, 1.807) is 12.4 Å². The van der Waals surface area contributed by atoms with Crippen molar-refractivity contribution >= 4 is 11.9 Å². The molecule has 2 aliphatic rings. The number of guanidine groups is 1. The van der Waals surface area contributed by atoms with Crippen LogP contribution in [0.1, 0.15) is 25.0 Å². The zero-order valence-electron chi connectivity index (χ0n) is 14.9. The molecular formula is C19H20FN5O. The highest BCUT2D eigenvalue weighted by molar-refractivity contribution is 6.07. The van der Waals surface area contributed by atoms with E-state index in [2.05, 4.69) is 15.0 Å². The lowest BCUT2D eigenvalue weighted by Gasteiger charge is -2.44. The molecule has 0 saturated heterocycles. The summed E-state index contributed by atoms with van der Waals surface area (Å²) in [7, 11) is 1.53. The summed E-state index contributed by atoms with van der Waals surface area (Å²) >= 11 is 0. The number of nitrogens with two attached hydrogens (primary N) is 1. The number of rotatable bonds is 1. The number of carbonyl (C=O) groups excluding carboxylic acids is 1. The smallest absolute Gasteiger partial charge is 0.264 e. The third-order valence-corrected chi connectivity index (χ3v) is 5.38. The average molecular weight is 353 g/mol. The minimum absolute atomic E-state index is 0.0368. The fourth-order valence-corrected chi connectivity index (χ4v) is 4.00. The van der Waals surface area contributed by atoms with Gasteiger partial charge in [-0.1, -0.05) is 26.0 Å². The number of nitrogens with zero attached hydrogens (tertiary/aromatic N) is 4. The predicted molar refractivity (Wildman–Crippen MR) is 95.9 cm³/mol. The van der Waals surface area contributed by atoms with Gasteiger partial charge in [-0.2, -0.15) is 0 Å². The van der Waals surface area contributed by atoms with Gasteiger partial charge in [-0.15, -0.1) is 0 Å². The van der Waals surface area contributed by atoms with Crippen LogP contribution in [0.4, 0.5) is 4.39 Å². The SMILES string of the molecule is CN1C(=O)C2(N=C1N)c1cc(-c3cncnc3)ccc1CC(C)(C)C2F. The van der Waals surface area contributed by atoms with Gasteiger partial charge in [0, 0.05) is 30.4 Å². The van der Waals surface area contributed by atoms with Gasteiger partial charge in [0.15, 0.2) is 11.5 Å². The molecule has 1 spiro atoms. The minimum atomic E-state index is -1.64. The van der Waals surface area contributed by atoms with Crippen molar-refractivity contribution in [2.24, 2.45) is 16.1 Å². The summed E-state index contributed by atoms with van der Waals surface area (Å²) in [6.07, 6.45) is 3.84. The number of alkyl halides is 1. The largest absolute Gasteiger partial charge is 0.369 e. The van der Waals surface area contributed by atoms with E-state index in [4.69, 9.17) is 5.73 Å². The summed E-state index contributed by atoms with van der Waals surface area (Å²) < 4.78 is 15.7. The summed E-state index contributed by atoms with van der Waals surface area (Å²) in [6, 6.07) is 5.70. The molecule has 2 unspecified atom stereocenters. The van der Waals surface area contributed by atoms with E-state index in [1.807, 2.05) is 32.0 Å². The van der Waals surface area contributed by atoms with Gasteiger partial charge >= 0.3 is 0 Å². The third kappa shape index (κ3) is 2.09. The molecule has 2 aromatic rings. The van der Waals surface area contributed by atoms with E-state index in [-0.39, 0.29) is 5.96 Å². The molecule has 7 heteroatoms. The standard InChI is InChI=1S/C19H20FN5O/c1-18(2)7-12-5-4-11(13-8-22-10-23-9-13)6-14(12)19(15(18)20)16(26)25(3)17(21)24-19/h4-6,8-10,15H,7H2,1-3H3,(H2,21,24). The molecule has 1 aromatic carbocycles. The molecule has 2 heterocycles. The Morgan fingerprint density at radius 1 is 1.23 bits per heavy atom. The number of likely N-dealkylation sites (N-methyl/N-ethyl adjacent to an activating group) is 1. The second kappa shape index (κ2) is 5.33. The molecule has 6 nitrogen and oxygen atoms in total. The quantitative estimate of drug-likeness (QED) is 0.850. The van der Waals surface area contributed by atoms with Crippen molar-refractivity contribution in [2.45, 2.75) is 32.0 Å². The monoisotopic (exact) mass is 353 g/mol. The van der Waals surface area contributed by atoms with E-state index in [0.29, 0.717) is 12.0 Å². The van der Waals surface area contributed by atoms with Crippen LogP contribution in [0, 0.1) is 5.41 Å². The van der Waals surface area contributed by atoms with Crippen molar-refractivity contribution < 1.29 is 9.18 Å². The van der Waals surface area contributed by atoms with Gasteiger partial charge in [0.05, 0.1) is 0 Å². The summed E-state index contributed by atoms with van der Waals surface area (Å²) in [5.74, 6) is -0.396. The van der Waals surface area contributed by atoms with E-state index >= 15 is 4.39 Å². The minimum Gasteiger partial charge on any atom is -0.369 e. The van der Waals surface area contributed by atoms with Crippen molar-refractivity contribution in [1.82, 2.24) is 14.9 Å². The normalized spacial score (nSPS) is 26.8. The van der Waals surface area contributed by atoms with Crippen LogP contribution < -0.4 is 5.73 Å². The van der Waals surface area contributed by atoms with Crippen molar-refractivity contribution in [3.63, 3.8) is 0 Å². The van der Waals surface area contributed by atoms with Crippen molar-refractivity contribution in [3.05, 3.63) is 48.0 Å². The van der Waals surface area contributed by atoms with Gasteiger partial charge in [0.2, 0.25) is 0 Å². The van der Waals surface area contributed by atoms with Crippen LogP contribution >= 0.6 is 0 Å². The molecule has 0 saturated carbocycles. The van der Waals surface area contributed by atoms with Crippen molar-refractivity contribution in [2.75, 3.05) is 7.05 Å². The maximum Gasteiger partial charge on any atom is 0.264 e. The Balaban J connectivity index is 1.98. The van der Waals surface area contributed by atoms with Gasteiger partial charge in [-0.25, -0.2) is 19.4 Å². The molecule has 0 radical (unpaired) electrons. The van der Waals surface area contributed by atoms with E-state index in [1.165, 1.54) is 18.3 Å². The van der Waals surface area contributed by atoms with Gasteiger partial charge in [0.1, 0.15) is 12.5 Å². The topological polar surface area (TPSA) is 84.5 Å². The zero-order chi connectivity index (χ0) is 18.7. The predicted octanol–water partition coefficient (Wildman–Crippen LogP) is 2.05. The molecule has 0 bridgehead atoms. The van der Waals surface area contributed by atoms with E-state index < -0.39 is 23.0 Å². The summed E-state index contributed by atoms with van der Waals surface area (Å²) in [6.45, 7) is 3.64. The van der Waals surface area contributed by atoms with Crippen LogP contribution in [0.25, 0.3) is 11.1 Å². The number of benzene rings is 1. The van der Waals surface area contributed by atoms with Crippen LogP contribution in [0.15, 0.2) is 41.9 Å². The fraction of sp³-hybridized carbons (Fsp3) is 0.368. The molecule has 1 aliphatic carbocycles. The molecule has 134 valence electrons. The number of aliphatic imine (C=N–C) groups is 1. The number of halogens is 1. The Bertz CT molecular complexity index is 927. The Morgan fingerprint density at radius 2 is 1.92 bits per heavy atom. The molecule has 1 aromatic heterocycles. The number of amides is 1. The summed E-state index contributed by atoms with van der Waals surface area (Å²) in [4.78, 5) is 26.7. The fourth-order valence-electron chi connectivity index (χ4n) is 4.00. The molecule has 2 N–H and O–H groups in total. The lowest BCUT2D eigenvalue weighted by atomic mass is 9.63. The van der Waals surface area contributed by atoms with Crippen LogP contribution in [0.2, 0.25) is 0 Å². The highest BCUT2D eigenvalue weighted by atomic mass is 19.1. The second-order valence-corrected chi connectivity index (χ2v) is 7.63. The zero-order valence-corrected chi connectivity index (χ0v) is 14.9. The molecule has 0 fully saturated rings. The Hall–Kier alpha value is -2.83. The summed E-state index contributed by atoms with van der Waals surface area (Å²) in [5.41, 5.74) is 6.61. The van der Waals surface area contributed by atoms with Gasteiger partial charge < -0.3 is 5.73 Å². The first-order chi connectivity index (χ1) is 12.3. The third-order valence-electron chi connectivity index (χ3n) is 5.38. The first kappa shape index (κ1) is 16.6. The van der Waals surface area contributed by atoms with Gasteiger partial charge in [0.25, 0.3) is 5.91 Å². The molecular weight excluding hydrogens is 333 g/mol. The average Bonchev–Trinajstić information content (AvgIpc) is 2.85. The van der Waals surface area contributed by atoms with Crippen molar-refractivity contribution in [3.8, 4) is 11.1 Å². The number of fused-ring (bicyclic) bond motifs is 2. The molecule has 26 heavy (non-hydrogen) atoms. The molecule has 2 atom stereocenters. The molecule has 1 aliphatic heterocycles. The molecule has 1 amide bonds. The number of aromatic nitrogens is 2. The number of hydrogen-bond acceptors (Lipinski definition) is 5. The lowest BCUT2D eigenvalue weighted by molar-refractivity contribution is -0.136. The Labute approximate surface area is 151 Å². The second-order valence-electron chi connectivity index (χ2n) is 7.63. The highest BCUT2D eigenvalue weighted by Gasteiger charge is 2.61. The molecule has 4 rings (SSSR count). The highest BCUT2D eigenvalue weighted by Crippen LogP contribution is 2.51. The van der Waals surface area contributed by atoms with Crippen LogP contribution in [-0.2, 0) is 16.8 Å². The first-order valence-electron chi connectivity index (χ1n) is 8.44. The number of carbonyl (C=O) groups is 1. The lowest BCUT2D eigenvalue weighted by Crippen LogP contribution is -2.54. The van der Waals surface area contributed by atoms with Crippen molar-refractivity contribution in [1.29, 1.82) is 0 Å². The Morgan fingerprint density at radius 3 is 2.54 bits per heavy atom. The first-order valence-corrected chi connectivity index (χ1v) is 8.44. The van der Waals surface area contributed by atoms with Crippen LogP contribution in [-0.4, -0.2) is 40.0 Å². The Kier molecular flexibility index (Phi) is 3.41. The maximum absolute atomic E-state index is 15.7. The van der Waals surface area contributed by atoms with Gasteiger partial charge in [-0.3, -0.25) is 9.69 Å². The number of hydrogen-bond donors (Lipinski definition) is 1. The summed E-state index contributed by atoms with van der Waals surface area (Å²) in [5, 5.41) is 0.